The SMILES string of the molecule is COc1cccc(NC(=O)CN[C@@H](C)c2ccncc2)c1. The summed E-state index contributed by atoms with van der Waals surface area (Å²) in [5, 5.41) is 6.01. The van der Waals surface area contributed by atoms with Crippen molar-refractivity contribution < 1.29 is 9.53 Å². The number of anilines is 1. The number of nitrogens with zero attached hydrogens (tertiary/aromatic N) is 1. The second-order valence-corrected chi connectivity index (χ2v) is 4.66. The molecule has 0 bridgehead atoms. The Labute approximate surface area is 124 Å². The lowest BCUT2D eigenvalue weighted by Gasteiger charge is -2.14. The summed E-state index contributed by atoms with van der Waals surface area (Å²) >= 11 is 0. The summed E-state index contributed by atoms with van der Waals surface area (Å²) in [6.45, 7) is 2.24. The smallest absolute Gasteiger partial charge is 0.238 e. The molecule has 5 heteroatoms. The minimum absolute atomic E-state index is 0.0871. The van der Waals surface area contributed by atoms with E-state index >= 15 is 0 Å². The summed E-state index contributed by atoms with van der Waals surface area (Å²) in [6.07, 6.45) is 3.48. The molecule has 0 spiro atoms. The molecule has 0 radical (unpaired) electrons. The van der Waals surface area contributed by atoms with Crippen molar-refractivity contribution in [3.8, 4) is 5.75 Å². The minimum atomic E-state index is -0.0934. The van der Waals surface area contributed by atoms with Gasteiger partial charge in [-0.3, -0.25) is 9.78 Å². The molecule has 0 aliphatic carbocycles. The zero-order chi connectivity index (χ0) is 15.1. The maximum atomic E-state index is 11.9. The van der Waals surface area contributed by atoms with Gasteiger partial charge in [-0.25, -0.2) is 0 Å². The van der Waals surface area contributed by atoms with Gasteiger partial charge in [-0.2, -0.15) is 0 Å². The van der Waals surface area contributed by atoms with Crippen LogP contribution in [0.25, 0.3) is 0 Å². The molecule has 110 valence electrons. The van der Waals surface area contributed by atoms with Crippen molar-refractivity contribution >= 4 is 11.6 Å². The molecule has 2 N–H and O–H groups in total. The Morgan fingerprint density at radius 3 is 2.76 bits per heavy atom. The molecule has 0 saturated heterocycles. The molecule has 1 atom stereocenters. The van der Waals surface area contributed by atoms with Crippen LogP contribution in [0.4, 0.5) is 5.69 Å². The number of aromatic nitrogens is 1. The molecule has 1 aromatic heterocycles. The molecule has 5 nitrogen and oxygen atoms in total. The molecule has 1 heterocycles. The fraction of sp³-hybridized carbons (Fsp3) is 0.250. The lowest BCUT2D eigenvalue weighted by Crippen LogP contribution is -2.30. The summed E-state index contributed by atoms with van der Waals surface area (Å²) in [7, 11) is 1.60. The lowest BCUT2D eigenvalue weighted by molar-refractivity contribution is -0.115. The van der Waals surface area contributed by atoms with Gasteiger partial charge in [-0.1, -0.05) is 6.07 Å². The second kappa shape index (κ2) is 7.40. The highest BCUT2D eigenvalue weighted by molar-refractivity contribution is 5.92. The van der Waals surface area contributed by atoms with Gasteiger partial charge >= 0.3 is 0 Å². The third-order valence-corrected chi connectivity index (χ3v) is 3.13. The van der Waals surface area contributed by atoms with E-state index in [0.717, 1.165) is 11.3 Å². The molecule has 2 aromatic rings. The molecule has 2 rings (SSSR count). The fourth-order valence-corrected chi connectivity index (χ4v) is 1.92. The van der Waals surface area contributed by atoms with Gasteiger partial charge in [-0.15, -0.1) is 0 Å². The van der Waals surface area contributed by atoms with Crippen molar-refractivity contribution in [1.29, 1.82) is 0 Å². The van der Waals surface area contributed by atoms with E-state index < -0.39 is 0 Å². The van der Waals surface area contributed by atoms with E-state index in [1.165, 1.54) is 0 Å². The van der Waals surface area contributed by atoms with E-state index in [1.807, 2.05) is 37.3 Å². The van der Waals surface area contributed by atoms with Crippen molar-refractivity contribution in [3.63, 3.8) is 0 Å². The van der Waals surface area contributed by atoms with E-state index in [-0.39, 0.29) is 18.5 Å². The average Bonchev–Trinajstić information content (AvgIpc) is 2.53. The number of hydrogen-bond acceptors (Lipinski definition) is 4. The van der Waals surface area contributed by atoms with Gasteiger partial charge in [0.25, 0.3) is 0 Å². The topological polar surface area (TPSA) is 63.2 Å². The Morgan fingerprint density at radius 2 is 2.05 bits per heavy atom. The van der Waals surface area contributed by atoms with Crippen LogP contribution < -0.4 is 15.4 Å². The number of benzene rings is 1. The number of amides is 1. The molecule has 1 amide bonds. The average molecular weight is 285 g/mol. The number of pyridine rings is 1. The summed E-state index contributed by atoms with van der Waals surface area (Å²) in [5.74, 6) is 0.620. The normalized spacial score (nSPS) is 11.7. The Balaban J connectivity index is 1.84. The van der Waals surface area contributed by atoms with Crippen LogP contribution in [0.3, 0.4) is 0 Å². The van der Waals surface area contributed by atoms with Crippen LogP contribution in [0, 0.1) is 0 Å². The first-order valence-corrected chi connectivity index (χ1v) is 6.76. The quantitative estimate of drug-likeness (QED) is 0.855. The van der Waals surface area contributed by atoms with Gasteiger partial charge in [0.05, 0.1) is 13.7 Å². The molecular weight excluding hydrogens is 266 g/mol. The molecule has 0 aliphatic rings. The second-order valence-electron chi connectivity index (χ2n) is 4.66. The van der Waals surface area contributed by atoms with Crippen molar-refractivity contribution in [3.05, 3.63) is 54.4 Å². The van der Waals surface area contributed by atoms with Crippen LogP contribution in [0.1, 0.15) is 18.5 Å². The van der Waals surface area contributed by atoms with Gasteiger partial charge < -0.3 is 15.4 Å². The number of methoxy groups -OCH3 is 1. The fourth-order valence-electron chi connectivity index (χ4n) is 1.92. The summed E-state index contributed by atoms with van der Waals surface area (Å²) in [6, 6.07) is 11.2. The van der Waals surface area contributed by atoms with Crippen LogP contribution in [0.15, 0.2) is 48.8 Å². The molecular formula is C16H19N3O2. The lowest BCUT2D eigenvalue weighted by atomic mass is 10.1. The molecule has 21 heavy (non-hydrogen) atoms. The van der Waals surface area contributed by atoms with Crippen LogP contribution in [-0.2, 0) is 4.79 Å². The van der Waals surface area contributed by atoms with Crippen molar-refractivity contribution in [1.82, 2.24) is 10.3 Å². The zero-order valence-electron chi connectivity index (χ0n) is 12.2. The Bertz CT molecular complexity index is 587. The number of nitrogens with one attached hydrogen (secondary N) is 2. The minimum Gasteiger partial charge on any atom is -0.497 e. The Hall–Kier alpha value is -2.40. The van der Waals surface area contributed by atoms with E-state index in [2.05, 4.69) is 15.6 Å². The Kier molecular flexibility index (Phi) is 5.29. The summed E-state index contributed by atoms with van der Waals surface area (Å²) < 4.78 is 5.12. The van der Waals surface area contributed by atoms with E-state index in [1.54, 1.807) is 25.6 Å². The molecule has 0 aliphatic heterocycles. The number of hydrogen-bond donors (Lipinski definition) is 2. The maximum absolute atomic E-state index is 11.9. The molecule has 0 unspecified atom stereocenters. The number of carbonyl (C=O) groups is 1. The van der Waals surface area contributed by atoms with Crippen LogP contribution in [0.5, 0.6) is 5.75 Å². The van der Waals surface area contributed by atoms with Crippen molar-refractivity contribution in [2.75, 3.05) is 19.0 Å². The first-order chi connectivity index (χ1) is 10.2. The van der Waals surface area contributed by atoms with Gasteiger partial charge in [0, 0.05) is 30.2 Å². The number of carbonyl (C=O) groups excluding carboxylic acids is 1. The first kappa shape index (κ1) is 15.0. The van der Waals surface area contributed by atoms with Crippen LogP contribution in [0.2, 0.25) is 0 Å². The molecule has 0 fully saturated rings. The molecule has 1 aromatic carbocycles. The first-order valence-electron chi connectivity index (χ1n) is 6.76. The van der Waals surface area contributed by atoms with Crippen LogP contribution in [-0.4, -0.2) is 24.5 Å². The van der Waals surface area contributed by atoms with E-state index in [9.17, 15) is 4.79 Å². The largest absolute Gasteiger partial charge is 0.497 e. The number of ether oxygens (including phenoxy) is 1. The predicted octanol–water partition coefficient (Wildman–Crippen LogP) is 2.38. The highest BCUT2D eigenvalue weighted by Gasteiger charge is 2.08. The standard InChI is InChI=1S/C16H19N3O2/c1-12(13-6-8-17-9-7-13)18-11-16(20)19-14-4-3-5-15(10-14)21-2/h3-10,12,18H,11H2,1-2H3,(H,19,20)/t12-/m0/s1. The third kappa shape index (κ3) is 4.57. The van der Waals surface area contributed by atoms with Crippen molar-refractivity contribution in [2.24, 2.45) is 0 Å². The van der Waals surface area contributed by atoms with Crippen molar-refractivity contribution in [2.45, 2.75) is 13.0 Å². The number of rotatable bonds is 6. The monoisotopic (exact) mass is 285 g/mol. The maximum Gasteiger partial charge on any atom is 0.238 e. The highest BCUT2D eigenvalue weighted by Crippen LogP contribution is 2.16. The van der Waals surface area contributed by atoms with E-state index in [0.29, 0.717) is 5.75 Å². The van der Waals surface area contributed by atoms with Gasteiger partial charge in [0.15, 0.2) is 0 Å². The zero-order valence-corrected chi connectivity index (χ0v) is 12.2. The predicted molar refractivity (Wildman–Crippen MR) is 82.3 cm³/mol. The summed E-state index contributed by atoms with van der Waals surface area (Å²) in [4.78, 5) is 15.9. The van der Waals surface area contributed by atoms with Gasteiger partial charge in [-0.05, 0) is 36.8 Å². The van der Waals surface area contributed by atoms with Gasteiger partial charge in [0.1, 0.15) is 5.75 Å². The Morgan fingerprint density at radius 1 is 1.29 bits per heavy atom. The third-order valence-electron chi connectivity index (χ3n) is 3.13. The molecule has 0 saturated carbocycles. The van der Waals surface area contributed by atoms with Gasteiger partial charge in [0.2, 0.25) is 5.91 Å². The summed E-state index contributed by atoms with van der Waals surface area (Å²) in [5.41, 5.74) is 1.82. The van der Waals surface area contributed by atoms with E-state index in [4.69, 9.17) is 4.74 Å². The van der Waals surface area contributed by atoms with Crippen LogP contribution >= 0.6 is 0 Å². The highest BCUT2D eigenvalue weighted by atomic mass is 16.5.